The third-order valence-corrected chi connectivity index (χ3v) is 7.23. The average Bonchev–Trinajstić information content (AvgIpc) is 3.40. The Labute approximate surface area is 204 Å². The van der Waals surface area contributed by atoms with Crippen molar-refractivity contribution in [1.29, 1.82) is 0 Å². The lowest BCUT2D eigenvalue weighted by Crippen LogP contribution is -2.57. The fourth-order valence-electron chi connectivity index (χ4n) is 5.16. The zero-order valence-corrected chi connectivity index (χ0v) is 19.9. The van der Waals surface area contributed by atoms with E-state index < -0.39 is 0 Å². The first-order chi connectivity index (χ1) is 16.5. The second-order valence-corrected chi connectivity index (χ2v) is 9.67. The Morgan fingerprint density at radius 3 is 2.44 bits per heavy atom. The summed E-state index contributed by atoms with van der Waals surface area (Å²) in [5.41, 5.74) is 3.07. The maximum absolute atomic E-state index is 13.5. The van der Waals surface area contributed by atoms with Gasteiger partial charge in [0, 0.05) is 36.8 Å². The summed E-state index contributed by atoms with van der Waals surface area (Å²) in [5.74, 6) is -0.324. The van der Waals surface area contributed by atoms with Gasteiger partial charge in [0.05, 0.1) is 11.4 Å². The Bertz CT molecular complexity index is 1100. The molecule has 0 aliphatic carbocycles. The molecule has 34 heavy (non-hydrogen) atoms. The van der Waals surface area contributed by atoms with Crippen LogP contribution in [0.2, 0.25) is 5.02 Å². The van der Waals surface area contributed by atoms with Crippen LogP contribution in [0.1, 0.15) is 48.0 Å². The molecule has 3 amide bonds. The third-order valence-electron chi connectivity index (χ3n) is 6.97. The van der Waals surface area contributed by atoms with Crippen molar-refractivity contribution in [3.63, 3.8) is 0 Å². The Hall–Kier alpha value is -3.06. The number of piperidine rings is 1. The van der Waals surface area contributed by atoms with Crippen molar-refractivity contribution in [3.8, 4) is 0 Å². The van der Waals surface area contributed by atoms with Crippen molar-refractivity contribution in [2.75, 3.05) is 36.0 Å². The number of nitrogens with one attached hydrogen (secondary N) is 1. The number of amides is 3. The molecule has 2 aromatic rings. The molecule has 0 radical (unpaired) electrons. The van der Waals surface area contributed by atoms with Gasteiger partial charge >= 0.3 is 0 Å². The van der Waals surface area contributed by atoms with Crippen LogP contribution in [-0.4, -0.2) is 54.8 Å². The highest BCUT2D eigenvalue weighted by molar-refractivity contribution is 6.30. The number of benzene rings is 2. The van der Waals surface area contributed by atoms with Crippen molar-refractivity contribution in [2.45, 2.75) is 44.7 Å². The van der Waals surface area contributed by atoms with Crippen molar-refractivity contribution in [3.05, 3.63) is 58.6 Å². The van der Waals surface area contributed by atoms with E-state index in [2.05, 4.69) is 10.2 Å². The zero-order valence-electron chi connectivity index (χ0n) is 19.1. The quantitative estimate of drug-likeness (QED) is 0.709. The van der Waals surface area contributed by atoms with Gasteiger partial charge in [-0.05, 0) is 68.0 Å². The van der Waals surface area contributed by atoms with Crippen molar-refractivity contribution >= 4 is 40.7 Å². The summed E-state index contributed by atoms with van der Waals surface area (Å²) in [5, 5.41) is 3.55. The van der Waals surface area contributed by atoms with E-state index in [0.717, 1.165) is 63.0 Å². The van der Waals surface area contributed by atoms with Gasteiger partial charge in [0.1, 0.15) is 12.6 Å². The lowest BCUT2D eigenvalue weighted by molar-refractivity contribution is -0.125. The molecule has 2 saturated heterocycles. The number of likely N-dealkylation sites (tertiary alicyclic amines) is 1. The molecule has 0 saturated carbocycles. The summed E-state index contributed by atoms with van der Waals surface area (Å²) in [6.45, 7) is 2.61. The first-order valence-corrected chi connectivity index (χ1v) is 12.4. The van der Waals surface area contributed by atoms with E-state index in [1.807, 2.05) is 29.2 Å². The van der Waals surface area contributed by atoms with Gasteiger partial charge in [-0.25, -0.2) is 0 Å². The maximum Gasteiger partial charge on any atom is 0.253 e. The van der Waals surface area contributed by atoms with E-state index in [1.54, 1.807) is 23.1 Å². The van der Waals surface area contributed by atoms with Gasteiger partial charge < -0.3 is 15.1 Å². The second-order valence-electron chi connectivity index (χ2n) is 9.24. The molecular weight excluding hydrogens is 452 g/mol. The Morgan fingerprint density at radius 2 is 1.68 bits per heavy atom. The van der Waals surface area contributed by atoms with Gasteiger partial charge in [0.15, 0.2) is 0 Å². The molecule has 178 valence electrons. The highest BCUT2D eigenvalue weighted by Gasteiger charge is 2.40. The number of halogens is 1. The first kappa shape index (κ1) is 22.7. The minimum atomic E-state index is -0.259. The molecule has 5 rings (SSSR count). The average molecular weight is 481 g/mol. The van der Waals surface area contributed by atoms with Crippen LogP contribution >= 0.6 is 11.6 Å². The van der Waals surface area contributed by atoms with Crippen LogP contribution in [0.25, 0.3) is 0 Å². The highest BCUT2D eigenvalue weighted by atomic mass is 35.5. The van der Waals surface area contributed by atoms with Gasteiger partial charge in [-0.3, -0.25) is 19.3 Å². The molecule has 3 aliphatic heterocycles. The predicted octanol–water partition coefficient (Wildman–Crippen LogP) is 3.60. The minimum Gasteiger partial charge on any atom is -0.358 e. The molecule has 3 aliphatic rings. The Balaban J connectivity index is 1.39. The molecule has 0 unspecified atom stereocenters. The van der Waals surface area contributed by atoms with E-state index in [4.69, 9.17) is 11.6 Å². The number of rotatable bonds is 5. The molecular formula is C26H29ClN4O3. The smallest absolute Gasteiger partial charge is 0.253 e. The SMILES string of the molecule is O=C(CN1C(=O)[C@@H]2CCCCN2c2ccc(C(=O)N3CCCC3)cc21)NCc1ccc(Cl)cc1. The lowest BCUT2D eigenvalue weighted by Gasteiger charge is -2.45. The van der Waals surface area contributed by atoms with E-state index in [-0.39, 0.29) is 30.3 Å². The number of hydrogen-bond donors (Lipinski definition) is 1. The van der Waals surface area contributed by atoms with Crippen molar-refractivity contribution in [2.24, 2.45) is 0 Å². The van der Waals surface area contributed by atoms with E-state index in [9.17, 15) is 14.4 Å². The van der Waals surface area contributed by atoms with Crippen molar-refractivity contribution < 1.29 is 14.4 Å². The summed E-state index contributed by atoms with van der Waals surface area (Å²) in [7, 11) is 0. The first-order valence-electron chi connectivity index (χ1n) is 12.0. The Morgan fingerprint density at radius 1 is 0.941 bits per heavy atom. The summed E-state index contributed by atoms with van der Waals surface area (Å²) in [6.07, 6.45) is 4.83. The fraction of sp³-hybridized carbons (Fsp3) is 0.423. The van der Waals surface area contributed by atoms with Gasteiger partial charge in [0.25, 0.3) is 5.91 Å². The van der Waals surface area contributed by atoms with Crippen LogP contribution in [0.15, 0.2) is 42.5 Å². The summed E-state index contributed by atoms with van der Waals surface area (Å²) in [6, 6.07) is 12.6. The third kappa shape index (κ3) is 4.49. The predicted molar refractivity (Wildman–Crippen MR) is 132 cm³/mol. The summed E-state index contributed by atoms with van der Waals surface area (Å²) < 4.78 is 0. The minimum absolute atomic E-state index is 0.0133. The number of carbonyl (C=O) groups excluding carboxylic acids is 3. The lowest BCUT2D eigenvalue weighted by atomic mass is 9.95. The monoisotopic (exact) mass is 480 g/mol. The van der Waals surface area contributed by atoms with Crippen LogP contribution < -0.4 is 15.1 Å². The number of hydrogen-bond acceptors (Lipinski definition) is 4. The Kier molecular flexibility index (Phi) is 6.46. The number of nitrogens with zero attached hydrogens (tertiary/aromatic N) is 3. The molecule has 0 spiro atoms. The van der Waals surface area contributed by atoms with Gasteiger partial charge in [-0.1, -0.05) is 23.7 Å². The molecule has 1 N–H and O–H groups in total. The van der Waals surface area contributed by atoms with Crippen molar-refractivity contribution in [1.82, 2.24) is 10.2 Å². The van der Waals surface area contributed by atoms with E-state index in [0.29, 0.717) is 22.8 Å². The van der Waals surface area contributed by atoms with E-state index in [1.165, 1.54) is 0 Å². The normalized spacial score (nSPS) is 19.6. The molecule has 2 aromatic carbocycles. The molecule has 3 heterocycles. The highest BCUT2D eigenvalue weighted by Crippen LogP contribution is 2.40. The molecule has 7 nitrogen and oxygen atoms in total. The van der Waals surface area contributed by atoms with Crippen LogP contribution in [-0.2, 0) is 16.1 Å². The fourth-order valence-corrected chi connectivity index (χ4v) is 5.29. The number of carbonyl (C=O) groups is 3. The molecule has 0 aromatic heterocycles. The number of anilines is 2. The van der Waals surface area contributed by atoms with Gasteiger partial charge in [0.2, 0.25) is 11.8 Å². The molecule has 1 atom stereocenters. The largest absolute Gasteiger partial charge is 0.358 e. The van der Waals surface area contributed by atoms with Crippen LogP contribution in [0, 0.1) is 0 Å². The van der Waals surface area contributed by atoms with Gasteiger partial charge in [-0.2, -0.15) is 0 Å². The van der Waals surface area contributed by atoms with E-state index >= 15 is 0 Å². The number of fused-ring (bicyclic) bond motifs is 3. The topological polar surface area (TPSA) is 73.0 Å². The summed E-state index contributed by atoms with van der Waals surface area (Å²) >= 11 is 5.94. The van der Waals surface area contributed by atoms with Crippen LogP contribution in [0.4, 0.5) is 11.4 Å². The second kappa shape index (κ2) is 9.66. The standard InChI is InChI=1S/C26H29ClN4O3/c27-20-9-6-18(7-10-20)16-28-24(32)17-31-23-15-19(25(33)29-12-3-4-13-29)8-11-21(23)30-14-2-1-5-22(30)26(31)34/h6-11,15,22H,1-5,12-14,16-17H2,(H,28,32)/t22-/m0/s1. The molecule has 8 heteroatoms. The summed E-state index contributed by atoms with van der Waals surface area (Å²) in [4.78, 5) is 45.0. The molecule has 0 bridgehead atoms. The van der Waals surface area contributed by atoms with Gasteiger partial charge in [-0.15, -0.1) is 0 Å². The zero-order chi connectivity index (χ0) is 23.7. The van der Waals surface area contributed by atoms with Crippen LogP contribution in [0.5, 0.6) is 0 Å². The van der Waals surface area contributed by atoms with Crippen LogP contribution in [0.3, 0.4) is 0 Å². The molecule has 2 fully saturated rings. The maximum atomic E-state index is 13.5.